The van der Waals surface area contributed by atoms with Crippen molar-refractivity contribution >= 4 is 29.1 Å². The Hall–Kier alpha value is -1.59. The van der Waals surface area contributed by atoms with Crippen LogP contribution in [0.5, 0.6) is 0 Å². The summed E-state index contributed by atoms with van der Waals surface area (Å²) in [5, 5.41) is 0.762. The normalized spacial score (nSPS) is 21.1. The number of ether oxygens (including phenoxy) is 2. The van der Waals surface area contributed by atoms with Gasteiger partial charge < -0.3 is 14.4 Å². The van der Waals surface area contributed by atoms with E-state index >= 15 is 0 Å². The first-order chi connectivity index (χ1) is 11.6. The van der Waals surface area contributed by atoms with Crippen molar-refractivity contribution in [2.24, 2.45) is 0 Å². The van der Waals surface area contributed by atoms with Crippen molar-refractivity contribution < 1.29 is 14.3 Å². The number of hydrogen-bond donors (Lipinski definition) is 0. The molecule has 2 aromatic carbocycles. The first-order valence-corrected chi connectivity index (χ1v) is 8.30. The van der Waals surface area contributed by atoms with E-state index in [1.807, 2.05) is 30.3 Å². The summed E-state index contributed by atoms with van der Waals surface area (Å²) < 4.78 is 11.3. The molecule has 24 heavy (non-hydrogen) atoms. The number of rotatable bonds is 4. The van der Waals surface area contributed by atoms with Crippen molar-refractivity contribution in [2.45, 2.75) is 12.3 Å². The van der Waals surface area contributed by atoms with E-state index in [9.17, 15) is 4.79 Å². The zero-order valence-corrected chi connectivity index (χ0v) is 14.7. The fourth-order valence-corrected chi connectivity index (χ4v) is 3.10. The van der Waals surface area contributed by atoms with Crippen LogP contribution in [0.3, 0.4) is 0 Å². The number of halogens is 2. The lowest BCUT2D eigenvalue weighted by molar-refractivity contribution is -0.251. The number of benzene rings is 2. The Morgan fingerprint density at radius 2 is 1.92 bits per heavy atom. The van der Waals surface area contributed by atoms with Crippen LogP contribution in [0.4, 0.5) is 0 Å². The smallest absolute Gasteiger partial charge is 0.288 e. The highest BCUT2D eigenvalue weighted by Crippen LogP contribution is 2.35. The number of hydrogen-bond acceptors (Lipinski definition) is 3. The van der Waals surface area contributed by atoms with Gasteiger partial charge in [0.1, 0.15) is 0 Å². The van der Waals surface area contributed by atoms with Crippen LogP contribution in [-0.4, -0.2) is 31.1 Å². The molecule has 1 heterocycles. The molecule has 4 nitrogen and oxygen atoms in total. The molecule has 0 aliphatic carbocycles. The van der Waals surface area contributed by atoms with Gasteiger partial charge in [-0.1, -0.05) is 59.6 Å². The largest absolute Gasteiger partial charge is 0.342 e. The van der Waals surface area contributed by atoms with E-state index in [0.717, 1.165) is 5.56 Å². The summed E-state index contributed by atoms with van der Waals surface area (Å²) in [7, 11) is 1.45. The Morgan fingerprint density at radius 3 is 2.58 bits per heavy atom. The van der Waals surface area contributed by atoms with Crippen molar-refractivity contribution in [1.29, 1.82) is 0 Å². The molecule has 1 fully saturated rings. The van der Waals surface area contributed by atoms with E-state index in [1.54, 1.807) is 23.1 Å². The molecule has 0 N–H and O–H groups in total. The van der Waals surface area contributed by atoms with Gasteiger partial charge in [-0.2, -0.15) is 0 Å². The van der Waals surface area contributed by atoms with Crippen molar-refractivity contribution in [3.05, 3.63) is 69.7 Å². The maximum absolute atomic E-state index is 13.1. The lowest BCUT2D eigenvalue weighted by atomic mass is 10.0. The highest BCUT2D eigenvalue weighted by molar-refractivity contribution is 6.42. The fourth-order valence-electron chi connectivity index (χ4n) is 2.80. The predicted octanol–water partition coefficient (Wildman–Crippen LogP) is 3.85. The average Bonchev–Trinajstić information content (AvgIpc) is 2.60. The van der Waals surface area contributed by atoms with Gasteiger partial charge in [-0.3, -0.25) is 4.79 Å². The van der Waals surface area contributed by atoms with Crippen LogP contribution < -0.4 is 0 Å². The van der Waals surface area contributed by atoms with Crippen LogP contribution in [0.25, 0.3) is 0 Å². The topological polar surface area (TPSA) is 38.8 Å². The third kappa shape index (κ3) is 3.15. The molecule has 0 aromatic heterocycles. The molecule has 1 unspecified atom stereocenters. The SMILES string of the molecule is COC1(c2ccc(Cl)c(Cl)c2)OCCN(Cc2ccccc2)C1=O. The Labute approximate surface area is 150 Å². The molecule has 0 radical (unpaired) electrons. The van der Waals surface area contributed by atoms with Crippen molar-refractivity contribution in [1.82, 2.24) is 4.90 Å². The number of morpholine rings is 1. The summed E-state index contributed by atoms with van der Waals surface area (Å²) in [4.78, 5) is 14.8. The van der Waals surface area contributed by atoms with Gasteiger partial charge in [0.05, 0.1) is 16.7 Å². The van der Waals surface area contributed by atoms with Crippen LogP contribution in [0.2, 0.25) is 10.0 Å². The molecule has 1 saturated heterocycles. The summed E-state index contributed by atoms with van der Waals surface area (Å²) in [5.74, 6) is -1.75. The minimum absolute atomic E-state index is 0.251. The Morgan fingerprint density at radius 1 is 1.17 bits per heavy atom. The molecule has 6 heteroatoms. The minimum Gasteiger partial charge on any atom is -0.342 e. The molecule has 1 amide bonds. The molecule has 0 bridgehead atoms. The number of carbonyl (C=O) groups excluding carboxylic acids is 1. The number of amides is 1. The second kappa shape index (κ2) is 7.11. The molecule has 126 valence electrons. The lowest BCUT2D eigenvalue weighted by Crippen LogP contribution is -2.55. The molecule has 0 spiro atoms. The molecule has 1 aliphatic heterocycles. The van der Waals surface area contributed by atoms with E-state index < -0.39 is 5.79 Å². The Balaban J connectivity index is 1.92. The van der Waals surface area contributed by atoms with E-state index in [2.05, 4.69) is 0 Å². The molecular weight excluding hydrogens is 349 g/mol. The highest BCUT2D eigenvalue weighted by Gasteiger charge is 2.47. The zero-order chi connectivity index (χ0) is 17.2. The highest BCUT2D eigenvalue weighted by atomic mass is 35.5. The van der Waals surface area contributed by atoms with Crippen LogP contribution in [-0.2, 0) is 26.6 Å². The van der Waals surface area contributed by atoms with E-state index in [-0.39, 0.29) is 5.91 Å². The first-order valence-electron chi connectivity index (χ1n) is 7.55. The van der Waals surface area contributed by atoms with Gasteiger partial charge in [0, 0.05) is 25.8 Å². The van der Waals surface area contributed by atoms with Gasteiger partial charge >= 0.3 is 0 Å². The van der Waals surface area contributed by atoms with E-state index in [4.69, 9.17) is 32.7 Å². The standard InChI is InChI=1S/C18H17Cl2NO3/c1-23-18(14-7-8-15(19)16(20)11-14)17(22)21(9-10-24-18)12-13-5-3-2-4-6-13/h2-8,11H,9-10,12H2,1H3. The summed E-state index contributed by atoms with van der Waals surface area (Å²) >= 11 is 12.1. The third-order valence-electron chi connectivity index (χ3n) is 4.04. The monoisotopic (exact) mass is 365 g/mol. The van der Waals surface area contributed by atoms with Crippen molar-refractivity contribution in [3.63, 3.8) is 0 Å². The van der Waals surface area contributed by atoms with Crippen molar-refractivity contribution in [3.8, 4) is 0 Å². The molecule has 1 atom stereocenters. The quantitative estimate of drug-likeness (QED) is 0.825. The predicted molar refractivity (Wildman–Crippen MR) is 93.0 cm³/mol. The number of nitrogens with zero attached hydrogens (tertiary/aromatic N) is 1. The molecule has 2 aromatic rings. The number of methoxy groups -OCH3 is 1. The zero-order valence-electron chi connectivity index (χ0n) is 13.2. The van der Waals surface area contributed by atoms with Gasteiger partial charge in [-0.05, 0) is 17.7 Å². The average molecular weight is 366 g/mol. The fraction of sp³-hybridized carbons (Fsp3) is 0.278. The Bertz CT molecular complexity index is 738. The van der Waals surface area contributed by atoms with E-state index in [1.165, 1.54) is 7.11 Å². The Kier molecular flexibility index (Phi) is 5.11. The summed E-state index contributed by atoms with van der Waals surface area (Å²) in [6.07, 6.45) is 0. The minimum atomic E-state index is -1.50. The van der Waals surface area contributed by atoms with Crippen LogP contribution in [0.1, 0.15) is 11.1 Å². The van der Waals surface area contributed by atoms with Gasteiger partial charge in [0.15, 0.2) is 0 Å². The summed E-state index contributed by atoms with van der Waals surface area (Å²) in [5.41, 5.74) is 1.58. The maximum atomic E-state index is 13.1. The molecule has 3 rings (SSSR count). The van der Waals surface area contributed by atoms with Crippen LogP contribution in [0, 0.1) is 0 Å². The summed E-state index contributed by atoms with van der Waals surface area (Å²) in [6, 6.07) is 14.7. The van der Waals surface area contributed by atoms with E-state index in [0.29, 0.717) is 35.3 Å². The maximum Gasteiger partial charge on any atom is 0.288 e. The lowest BCUT2D eigenvalue weighted by Gasteiger charge is -2.40. The van der Waals surface area contributed by atoms with Gasteiger partial charge in [0.25, 0.3) is 11.7 Å². The summed E-state index contributed by atoms with van der Waals surface area (Å²) in [6.45, 7) is 1.36. The van der Waals surface area contributed by atoms with Gasteiger partial charge in [-0.25, -0.2) is 0 Å². The van der Waals surface area contributed by atoms with Crippen molar-refractivity contribution in [2.75, 3.05) is 20.3 Å². The first kappa shape index (κ1) is 17.2. The van der Waals surface area contributed by atoms with Gasteiger partial charge in [-0.15, -0.1) is 0 Å². The second-order valence-corrected chi connectivity index (χ2v) is 6.32. The third-order valence-corrected chi connectivity index (χ3v) is 4.78. The van der Waals surface area contributed by atoms with Crippen LogP contribution >= 0.6 is 23.2 Å². The van der Waals surface area contributed by atoms with Crippen LogP contribution in [0.15, 0.2) is 48.5 Å². The second-order valence-electron chi connectivity index (χ2n) is 5.51. The molecule has 1 aliphatic rings. The molecular formula is C18H17Cl2NO3. The molecule has 0 saturated carbocycles. The van der Waals surface area contributed by atoms with Gasteiger partial charge in [0.2, 0.25) is 0 Å². The number of carbonyl (C=O) groups is 1.